The number of hydrogen-bond donors (Lipinski definition) is 2. The average Bonchev–Trinajstić information content (AvgIpc) is 2.42. The molecule has 22 heavy (non-hydrogen) atoms. The Bertz CT molecular complexity index is 588. The van der Waals surface area contributed by atoms with E-state index in [4.69, 9.17) is 0 Å². The second-order valence-corrected chi connectivity index (χ2v) is 7.31. The zero-order chi connectivity index (χ0) is 16.4. The number of nitrogens with one attached hydrogen (secondary N) is 2. The van der Waals surface area contributed by atoms with E-state index in [2.05, 4.69) is 15.6 Å². The van der Waals surface area contributed by atoms with Crippen LogP contribution in [0.1, 0.15) is 18.9 Å². The molecule has 0 heterocycles. The van der Waals surface area contributed by atoms with Gasteiger partial charge in [-0.05, 0) is 37.5 Å². The topological polar surface area (TPSA) is 70.6 Å². The lowest BCUT2D eigenvalue weighted by Gasteiger charge is -2.11. The summed E-state index contributed by atoms with van der Waals surface area (Å²) in [6.07, 6.45) is 2.41. The molecule has 0 fully saturated rings. The Labute approximate surface area is 132 Å². The van der Waals surface area contributed by atoms with Gasteiger partial charge in [-0.2, -0.15) is 0 Å². The van der Waals surface area contributed by atoms with E-state index in [0.29, 0.717) is 31.9 Å². The Balaban J connectivity index is 2.39. The Kier molecular flexibility index (Phi) is 7.87. The number of halogens is 1. The van der Waals surface area contributed by atoms with Crippen LogP contribution in [0.4, 0.5) is 4.39 Å². The van der Waals surface area contributed by atoms with Gasteiger partial charge in [0.05, 0.1) is 5.75 Å². The molecular formula is C15H24FN3O2S. The van der Waals surface area contributed by atoms with E-state index in [0.717, 1.165) is 12.1 Å². The fourth-order valence-electron chi connectivity index (χ4n) is 1.88. The Morgan fingerprint density at radius 3 is 2.73 bits per heavy atom. The molecule has 0 saturated carbocycles. The monoisotopic (exact) mass is 329 g/mol. The van der Waals surface area contributed by atoms with Crippen molar-refractivity contribution in [2.75, 3.05) is 31.6 Å². The fourth-order valence-corrected chi connectivity index (χ4v) is 2.53. The van der Waals surface area contributed by atoms with Crippen LogP contribution in [0.3, 0.4) is 0 Å². The van der Waals surface area contributed by atoms with Crippen LogP contribution in [0.15, 0.2) is 29.3 Å². The van der Waals surface area contributed by atoms with Gasteiger partial charge in [-0.1, -0.05) is 12.1 Å². The van der Waals surface area contributed by atoms with E-state index in [1.807, 2.05) is 13.0 Å². The van der Waals surface area contributed by atoms with Crippen LogP contribution >= 0.6 is 0 Å². The maximum atomic E-state index is 13.1. The zero-order valence-electron chi connectivity index (χ0n) is 13.1. The molecule has 2 N–H and O–H groups in total. The summed E-state index contributed by atoms with van der Waals surface area (Å²) in [5.74, 6) is 0.547. The Hall–Kier alpha value is -1.63. The number of sulfone groups is 1. The number of aliphatic imine (C=N–C) groups is 1. The maximum Gasteiger partial charge on any atom is 0.191 e. The molecule has 1 rings (SSSR count). The van der Waals surface area contributed by atoms with Gasteiger partial charge in [0, 0.05) is 25.9 Å². The van der Waals surface area contributed by atoms with Crippen molar-refractivity contribution in [3.05, 3.63) is 35.6 Å². The zero-order valence-corrected chi connectivity index (χ0v) is 13.9. The smallest absolute Gasteiger partial charge is 0.191 e. The normalized spacial score (nSPS) is 12.2. The summed E-state index contributed by atoms with van der Waals surface area (Å²) in [5, 5.41) is 6.25. The Morgan fingerprint density at radius 2 is 2.09 bits per heavy atom. The van der Waals surface area contributed by atoms with Crippen LogP contribution in [0.2, 0.25) is 0 Å². The first-order valence-electron chi connectivity index (χ1n) is 7.35. The van der Waals surface area contributed by atoms with E-state index < -0.39 is 9.84 Å². The largest absolute Gasteiger partial charge is 0.357 e. The first-order valence-corrected chi connectivity index (χ1v) is 9.41. The summed E-state index contributed by atoms with van der Waals surface area (Å²) in [7, 11) is -2.94. The molecule has 0 amide bonds. The van der Waals surface area contributed by atoms with Crippen molar-refractivity contribution in [1.29, 1.82) is 0 Å². The number of rotatable bonds is 8. The molecule has 1 aromatic rings. The van der Waals surface area contributed by atoms with Crippen molar-refractivity contribution in [3.8, 4) is 0 Å². The van der Waals surface area contributed by atoms with Gasteiger partial charge in [-0.3, -0.25) is 4.99 Å². The molecule has 5 nitrogen and oxygen atoms in total. The van der Waals surface area contributed by atoms with E-state index in [9.17, 15) is 12.8 Å². The first-order chi connectivity index (χ1) is 10.4. The summed E-state index contributed by atoms with van der Waals surface area (Å²) in [4.78, 5) is 4.32. The standard InChI is InChI=1S/C15H24FN3O2S/c1-3-17-15(18-9-5-11-22(2,20)21)19-10-8-13-6-4-7-14(16)12-13/h4,6-7,12H,3,5,8-11H2,1-2H3,(H2,17,18,19). The minimum absolute atomic E-state index is 0.138. The molecule has 0 saturated heterocycles. The Morgan fingerprint density at radius 1 is 1.32 bits per heavy atom. The molecule has 0 aliphatic carbocycles. The third-order valence-electron chi connectivity index (χ3n) is 2.88. The van der Waals surface area contributed by atoms with Crippen LogP contribution in [0.5, 0.6) is 0 Å². The number of benzene rings is 1. The molecule has 0 atom stereocenters. The third kappa shape index (κ3) is 8.61. The van der Waals surface area contributed by atoms with Gasteiger partial charge in [0.2, 0.25) is 0 Å². The quantitative estimate of drug-likeness (QED) is 0.429. The van der Waals surface area contributed by atoms with Gasteiger partial charge < -0.3 is 10.6 Å². The predicted octanol–water partition coefficient (Wildman–Crippen LogP) is 1.36. The van der Waals surface area contributed by atoms with Crippen molar-refractivity contribution >= 4 is 15.8 Å². The highest BCUT2D eigenvalue weighted by Crippen LogP contribution is 2.03. The number of guanidine groups is 1. The minimum atomic E-state index is -2.94. The van der Waals surface area contributed by atoms with Crippen molar-refractivity contribution in [3.63, 3.8) is 0 Å². The first kappa shape index (κ1) is 18.4. The molecule has 124 valence electrons. The van der Waals surface area contributed by atoms with Crippen molar-refractivity contribution in [2.24, 2.45) is 4.99 Å². The van der Waals surface area contributed by atoms with E-state index in [-0.39, 0.29) is 11.6 Å². The van der Waals surface area contributed by atoms with Crippen LogP contribution < -0.4 is 10.6 Å². The molecule has 1 aromatic carbocycles. The van der Waals surface area contributed by atoms with Crippen LogP contribution in [-0.2, 0) is 16.3 Å². The predicted molar refractivity (Wildman–Crippen MR) is 88.4 cm³/mol. The summed E-state index contributed by atoms with van der Waals surface area (Å²) < 4.78 is 35.2. The molecule has 0 aromatic heterocycles. The highest BCUT2D eigenvalue weighted by atomic mass is 32.2. The molecule has 0 aliphatic heterocycles. The lowest BCUT2D eigenvalue weighted by Crippen LogP contribution is -2.38. The van der Waals surface area contributed by atoms with Crippen molar-refractivity contribution in [1.82, 2.24) is 10.6 Å². The summed E-state index contributed by atoms with van der Waals surface area (Å²) in [6.45, 7) is 3.75. The van der Waals surface area contributed by atoms with Gasteiger partial charge >= 0.3 is 0 Å². The second kappa shape index (κ2) is 9.40. The lowest BCUT2D eigenvalue weighted by atomic mass is 10.1. The van der Waals surface area contributed by atoms with Gasteiger partial charge in [0.1, 0.15) is 15.7 Å². The highest BCUT2D eigenvalue weighted by Gasteiger charge is 2.02. The van der Waals surface area contributed by atoms with Gasteiger partial charge in [-0.25, -0.2) is 12.8 Å². The fraction of sp³-hybridized carbons (Fsp3) is 0.533. The molecule has 0 radical (unpaired) electrons. The van der Waals surface area contributed by atoms with Gasteiger partial charge in [-0.15, -0.1) is 0 Å². The molecule has 0 unspecified atom stereocenters. The van der Waals surface area contributed by atoms with E-state index in [1.54, 1.807) is 6.07 Å². The van der Waals surface area contributed by atoms with Gasteiger partial charge in [0.25, 0.3) is 0 Å². The van der Waals surface area contributed by atoms with Crippen LogP contribution in [0.25, 0.3) is 0 Å². The average molecular weight is 329 g/mol. The molecule has 7 heteroatoms. The molecule has 0 aliphatic rings. The van der Waals surface area contributed by atoms with Crippen molar-refractivity contribution < 1.29 is 12.8 Å². The molecule has 0 spiro atoms. The lowest BCUT2D eigenvalue weighted by molar-refractivity contribution is 0.599. The summed E-state index contributed by atoms with van der Waals surface area (Å²) in [5.41, 5.74) is 0.917. The molecular weight excluding hydrogens is 305 g/mol. The number of nitrogens with zero attached hydrogens (tertiary/aromatic N) is 1. The van der Waals surface area contributed by atoms with Crippen molar-refractivity contribution in [2.45, 2.75) is 19.8 Å². The third-order valence-corrected chi connectivity index (χ3v) is 3.91. The van der Waals surface area contributed by atoms with E-state index >= 15 is 0 Å². The second-order valence-electron chi connectivity index (χ2n) is 5.05. The molecule has 0 bridgehead atoms. The van der Waals surface area contributed by atoms with Crippen LogP contribution in [0, 0.1) is 5.82 Å². The number of hydrogen-bond acceptors (Lipinski definition) is 3. The highest BCUT2D eigenvalue weighted by molar-refractivity contribution is 7.90. The van der Waals surface area contributed by atoms with E-state index in [1.165, 1.54) is 18.4 Å². The summed E-state index contributed by atoms with van der Waals surface area (Å²) in [6, 6.07) is 6.50. The summed E-state index contributed by atoms with van der Waals surface area (Å²) >= 11 is 0. The maximum absolute atomic E-state index is 13.1. The van der Waals surface area contributed by atoms with Crippen LogP contribution in [-0.4, -0.2) is 46.0 Å². The van der Waals surface area contributed by atoms with Gasteiger partial charge in [0.15, 0.2) is 5.96 Å². The minimum Gasteiger partial charge on any atom is -0.357 e. The SMILES string of the molecule is CCNC(=NCCCS(C)(=O)=O)NCCc1cccc(F)c1.